The molecule has 1 aliphatic heterocycles. The maximum Gasteiger partial charge on any atom is 0.410 e. The summed E-state index contributed by atoms with van der Waals surface area (Å²) in [5, 5.41) is 0. The summed E-state index contributed by atoms with van der Waals surface area (Å²) < 4.78 is 16.8. The van der Waals surface area contributed by atoms with Gasteiger partial charge in [-0.2, -0.15) is 0 Å². The molecule has 0 radical (unpaired) electrons. The van der Waals surface area contributed by atoms with Crippen LogP contribution in [0.1, 0.15) is 87.6 Å². The number of piperidine rings is 1. The molecule has 2 aliphatic rings. The average molecular weight is 418 g/mol. The first-order chi connectivity index (χ1) is 14.3. The van der Waals surface area contributed by atoms with Crippen molar-refractivity contribution in [1.29, 1.82) is 0 Å². The maximum atomic E-state index is 12.3. The second-order valence-corrected chi connectivity index (χ2v) is 9.36. The molecule has 0 bridgehead atoms. The second-order valence-electron chi connectivity index (χ2n) is 9.36. The van der Waals surface area contributed by atoms with Gasteiger partial charge >= 0.3 is 12.1 Å². The van der Waals surface area contributed by atoms with Crippen LogP contribution in [-0.4, -0.2) is 48.9 Å². The fraction of sp³-hybridized carbons (Fsp3) is 0.667. The van der Waals surface area contributed by atoms with E-state index in [9.17, 15) is 9.59 Å². The van der Waals surface area contributed by atoms with Crippen molar-refractivity contribution in [1.82, 2.24) is 4.90 Å². The number of carbonyl (C=O) groups excluding carboxylic acids is 2. The molecule has 1 aliphatic carbocycles. The number of likely N-dealkylation sites (tertiary alicyclic amines) is 1. The van der Waals surface area contributed by atoms with Crippen LogP contribution in [-0.2, 0) is 9.47 Å². The van der Waals surface area contributed by atoms with E-state index in [1.165, 1.54) is 26.4 Å². The topological polar surface area (TPSA) is 65.1 Å². The van der Waals surface area contributed by atoms with Gasteiger partial charge in [0.25, 0.3) is 0 Å². The summed E-state index contributed by atoms with van der Waals surface area (Å²) in [4.78, 5) is 26.1. The van der Waals surface area contributed by atoms with Crippen molar-refractivity contribution in [2.75, 3.05) is 20.2 Å². The standard InChI is InChI=1S/C24H35NO5/c1-24(2,3)30-23(27)25-14-12-19(13-15-25)29-21-11-10-18(22(26)28-4)16-20(21)17-8-6-5-7-9-17/h10-11,16-17,19H,5-9,12-15H2,1-4H3. The van der Waals surface area contributed by atoms with Crippen LogP contribution in [0.2, 0.25) is 0 Å². The number of hydrogen-bond acceptors (Lipinski definition) is 5. The number of carbonyl (C=O) groups is 2. The van der Waals surface area contributed by atoms with Crippen molar-refractivity contribution < 1.29 is 23.8 Å². The molecule has 1 heterocycles. The highest BCUT2D eigenvalue weighted by Gasteiger charge is 2.29. The summed E-state index contributed by atoms with van der Waals surface area (Å²) >= 11 is 0. The third-order valence-corrected chi connectivity index (χ3v) is 5.86. The van der Waals surface area contributed by atoms with E-state index in [4.69, 9.17) is 14.2 Å². The second kappa shape index (κ2) is 9.71. The van der Waals surface area contributed by atoms with Gasteiger partial charge < -0.3 is 19.1 Å². The Bertz CT molecular complexity index is 740. The van der Waals surface area contributed by atoms with Crippen LogP contribution in [0.15, 0.2) is 18.2 Å². The fourth-order valence-corrected chi connectivity index (χ4v) is 4.30. The maximum absolute atomic E-state index is 12.3. The predicted octanol–water partition coefficient (Wildman–Crippen LogP) is 5.30. The molecule has 6 heteroatoms. The lowest BCUT2D eigenvalue weighted by molar-refractivity contribution is 0.0125. The van der Waals surface area contributed by atoms with Crippen LogP contribution in [0.3, 0.4) is 0 Å². The van der Waals surface area contributed by atoms with Crippen molar-refractivity contribution in [3.8, 4) is 5.75 Å². The third kappa shape index (κ3) is 5.89. The minimum Gasteiger partial charge on any atom is -0.490 e. The number of nitrogens with zero attached hydrogens (tertiary/aromatic N) is 1. The number of amides is 1. The van der Waals surface area contributed by atoms with E-state index in [-0.39, 0.29) is 18.2 Å². The van der Waals surface area contributed by atoms with E-state index in [1.807, 2.05) is 32.9 Å². The Morgan fingerprint density at radius 2 is 1.67 bits per heavy atom. The van der Waals surface area contributed by atoms with E-state index >= 15 is 0 Å². The minimum absolute atomic E-state index is 0.0509. The number of benzene rings is 1. The molecule has 2 fully saturated rings. The molecule has 0 spiro atoms. The van der Waals surface area contributed by atoms with Crippen molar-refractivity contribution in [3.63, 3.8) is 0 Å². The molecule has 6 nitrogen and oxygen atoms in total. The molecular weight excluding hydrogens is 382 g/mol. The molecule has 166 valence electrons. The Morgan fingerprint density at radius 1 is 1.00 bits per heavy atom. The Labute approximate surface area is 179 Å². The summed E-state index contributed by atoms with van der Waals surface area (Å²) in [6.07, 6.45) is 7.26. The van der Waals surface area contributed by atoms with E-state index in [0.29, 0.717) is 24.6 Å². The summed E-state index contributed by atoms with van der Waals surface area (Å²) in [5.41, 5.74) is 1.21. The van der Waals surface area contributed by atoms with Crippen molar-refractivity contribution in [2.45, 2.75) is 83.3 Å². The van der Waals surface area contributed by atoms with Crippen molar-refractivity contribution >= 4 is 12.1 Å². The van der Waals surface area contributed by atoms with Crippen LogP contribution in [0.4, 0.5) is 4.79 Å². The fourth-order valence-electron chi connectivity index (χ4n) is 4.30. The molecule has 1 aromatic rings. The third-order valence-electron chi connectivity index (χ3n) is 5.86. The van der Waals surface area contributed by atoms with Crippen LogP contribution >= 0.6 is 0 Å². The summed E-state index contributed by atoms with van der Waals surface area (Å²) in [7, 11) is 1.41. The molecule has 1 saturated heterocycles. The zero-order chi connectivity index (χ0) is 21.7. The molecule has 30 heavy (non-hydrogen) atoms. The van der Waals surface area contributed by atoms with Gasteiger partial charge in [0.2, 0.25) is 0 Å². The van der Waals surface area contributed by atoms with Crippen LogP contribution in [0.5, 0.6) is 5.75 Å². The first kappa shape index (κ1) is 22.4. The molecule has 0 aromatic heterocycles. The average Bonchev–Trinajstić information content (AvgIpc) is 2.73. The van der Waals surface area contributed by atoms with Crippen molar-refractivity contribution in [3.05, 3.63) is 29.3 Å². The number of esters is 1. The first-order valence-electron chi connectivity index (χ1n) is 11.1. The smallest absolute Gasteiger partial charge is 0.410 e. The molecule has 1 saturated carbocycles. The highest BCUT2D eigenvalue weighted by molar-refractivity contribution is 5.89. The molecule has 1 aromatic carbocycles. The van der Waals surface area contributed by atoms with Gasteiger partial charge in [-0.25, -0.2) is 9.59 Å². The largest absolute Gasteiger partial charge is 0.490 e. The van der Waals surface area contributed by atoms with E-state index in [2.05, 4.69) is 0 Å². The van der Waals surface area contributed by atoms with Gasteiger partial charge in [-0.15, -0.1) is 0 Å². The highest BCUT2D eigenvalue weighted by atomic mass is 16.6. The molecule has 0 N–H and O–H groups in total. The Balaban J connectivity index is 1.67. The van der Waals surface area contributed by atoms with Gasteiger partial charge in [-0.3, -0.25) is 0 Å². The number of rotatable bonds is 4. The van der Waals surface area contributed by atoms with Gasteiger partial charge in [-0.05, 0) is 63.3 Å². The van der Waals surface area contributed by atoms with Crippen molar-refractivity contribution in [2.24, 2.45) is 0 Å². The molecule has 0 unspecified atom stereocenters. The highest BCUT2D eigenvalue weighted by Crippen LogP contribution is 2.39. The molecular formula is C24H35NO5. The predicted molar refractivity (Wildman–Crippen MR) is 115 cm³/mol. The normalized spacial score (nSPS) is 18.7. The quantitative estimate of drug-likeness (QED) is 0.622. The first-order valence-corrected chi connectivity index (χ1v) is 11.1. The van der Waals surface area contributed by atoms with Gasteiger partial charge in [0, 0.05) is 25.9 Å². The zero-order valence-corrected chi connectivity index (χ0v) is 18.7. The SMILES string of the molecule is COC(=O)c1ccc(OC2CCN(C(=O)OC(C)(C)C)CC2)c(C2CCCCC2)c1. The minimum atomic E-state index is -0.485. The van der Waals surface area contributed by atoms with Gasteiger partial charge in [0.05, 0.1) is 12.7 Å². The van der Waals surface area contributed by atoms with Gasteiger partial charge in [-0.1, -0.05) is 19.3 Å². The van der Waals surface area contributed by atoms with Crippen LogP contribution < -0.4 is 4.74 Å². The lowest BCUT2D eigenvalue weighted by atomic mass is 9.83. The Hall–Kier alpha value is -2.24. The van der Waals surface area contributed by atoms with Gasteiger partial charge in [0.1, 0.15) is 17.5 Å². The number of ether oxygens (including phenoxy) is 3. The Morgan fingerprint density at radius 3 is 2.27 bits per heavy atom. The monoisotopic (exact) mass is 417 g/mol. The summed E-state index contributed by atoms with van der Waals surface area (Å²) in [5.74, 6) is 0.967. The lowest BCUT2D eigenvalue weighted by Crippen LogP contribution is -2.44. The van der Waals surface area contributed by atoms with E-state index in [0.717, 1.165) is 37.0 Å². The summed E-state index contributed by atoms with van der Waals surface area (Å²) in [6, 6.07) is 5.65. The Kier molecular flexibility index (Phi) is 7.27. The molecule has 0 atom stereocenters. The van der Waals surface area contributed by atoms with Crippen LogP contribution in [0, 0.1) is 0 Å². The van der Waals surface area contributed by atoms with Crippen LogP contribution in [0.25, 0.3) is 0 Å². The number of methoxy groups -OCH3 is 1. The van der Waals surface area contributed by atoms with E-state index in [1.54, 1.807) is 11.0 Å². The molecule has 3 rings (SSSR count). The molecule has 1 amide bonds. The number of hydrogen-bond donors (Lipinski definition) is 0. The van der Waals surface area contributed by atoms with Gasteiger partial charge in [0.15, 0.2) is 0 Å². The van der Waals surface area contributed by atoms with E-state index < -0.39 is 5.60 Å². The zero-order valence-electron chi connectivity index (χ0n) is 18.7. The summed E-state index contributed by atoms with van der Waals surface area (Å²) in [6.45, 7) is 6.89. The lowest BCUT2D eigenvalue weighted by Gasteiger charge is -2.34.